The van der Waals surface area contributed by atoms with Crippen molar-refractivity contribution in [3.8, 4) is 0 Å². The van der Waals surface area contributed by atoms with Crippen LogP contribution in [0, 0.1) is 0 Å². The average molecular weight is 230 g/mol. The Kier molecular flexibility index (Phi) is 3.99. The largest absolute Gasteiger partial charge is 0.468 e. The summed E-state index contributed by atoms with van der Waals surface area (Å²) in [6, 6.07) is 0. The van der Waals surface area contributed by atoms with Crippen LogP contribution in [0.3, 0.4) is 0 Å². The van der Waals surface area contributed by atoms with Crippen LogP contribution in [0.1, 0.15) is 10.5 Å². The summed E-state index contributed by atoms with van der Waals surface area (Å²) in [6.07, 6.45) is 2.55. The molecular weight excluding hydrogens is 222 g/mol. The molecule has 0 atom stereocenters. The van der Waals surface area contributed by atoms with Crippen LogP contribution in [0.2, 0.25) is 5.15 Å². The first-order valence-electron chi connectivity index (χ1n) is 3.96. The van der Waals surface area contributed by atoms with E-state index in [9.17, 15) is 9.59 Å². The van der Waals surface area contributed by atoms with Gasteiger partial charge in [0.15, 0.2) is 0 Å². The maximum absolute atomic E-state index is 11.3. The summed E-state index contributed by atoms with van der Waals surface area (Å²) in [7, 11) is 1.23. The summed E-state index contributed by atoms with van der Waals surface area (Å²) in [5.74, 6) is -1.08. The molecule has 1 amide bonds. The van der Waals surface area contributed by atoms with Gasteiger partial charge in [0.1, 0.15) is 17.4 Å². The van der Waals surface area contributed by atoms with Crippen molar-refractivity contribution in [1.29, 1.82) is 0 Å². The van der Waals surface area contributed by atoms with Gasteiger partial charge in [-0.3, -0.25) is 14.6 Å². The Labute approximate surface area is 90.6 Å². The minimum atomic E-state index is -0.543. The van der Waals surface area contributed by atoms with Crippen LogP contribution in [0.15, 0.2) is 12.4 Å². The lowest BCUT2D eigenvalue weighted by atomic mass is 10.4. The fourth-order valence-corrected chi connectivity index (χ4v) is 0.914. The fraction of sp³-hybridized carbons (Fsp3) is 0.250. The Balaban J connectivity index is 2.58. The van der Waals surface area contributed by atoms with E-state index in [2.05, 4.69) is 20.0 Å². The van der Waals surface area contributed by atoms with Crippen molar-refractivity contribution in [3.63, 3.8) is 0 Å². The molecular formula is C8H8ClN3O3. The Morgan fingerprint density at radius 2 is 2.27 bits per heavy atom. The van der Waals surface area contributed by atoms with Crippen molar-refractivity contribution in [3.05, 3.63) is 23.2 Å². The summed E-state index contributed by atoms with van der Waals surface area (Å²) in [5.41, 5.74) is 0.0476. The first kappa shape index (κ1) is 11.4. The van der Waals surface area contributed by atoms with E-state index in [1.807, 2.05) is 0 Å². The molecule has 0 saturated carbocycles. The predicted molar refractivity (Wildman–Crippen MR) is 51.4 cm³/mol. The van der Waals surface area contributed by atoms with Gasteiger partial charge in [0.05, 0.1) is 19.5 Å². The third-order valence-electron chi connectivity index (χ3n) is 1.46. The first-order valence-corrected chi connectivity index (χ1v) is 4.34. The lowest BCUT2D eigenvalue weighted by molar-refractivity contribution is -0.139. The molecule has 1 N–H and O–H groups in total. The smallest absolute Gasteiger partial charge is 0.325 e. The number of nitrogens with zero attached hydrogens (tertiary/aromatic N) is 2. The van der Waals surface area contributed by atoms with Crippen molar-refractivity contribution in [2.45, 2.75) is 0 Å². The Hall–Kier alpha value is -1.69. The Morgan fingerprint density at radius 3 is 2.87 bits per heavy atom. The van der Waals surface area contributed by atoms with Gasteiger partial charge in [-0.05, 0) is 0 Å². The summed E-state index contributed by atoms with van der Waals surface area (Å²) in [6.45, 7) is -0.219. The summed E-state index contributed by atoms with van der Waals surface area (Å²) in [4.78, 5) is 29.4. The van der Waals surface area contributed by atoms with E-state index in [1.165, 1.54) is 19.5 Å². The summed E-state index contributed by atoms with van der Waals surface area (Å²) < 4.78 is 4.34. The first-order chi connectivity index (χ1) is 7.13. The number of aromatic nitrogens is 2. The van der Waals surface area contributed by atoms with Crippen LogP contribution in [0.5, 0.6) is 0 Å². The molecule has 0 aliphatic carbocycles. The lowest BCUT2D eigenvalue weighted by Gasteiger charge is -2.02. The minimum Gasteiger partial charge on any atom is -0.468 e. The highest BCUT2D eigenvalue weighted by Crippen LogP contribution is 2.01. The van der Waals surface area contributed by atoms with E-state index in [0.29, 0.717) is 0 Å². The second-order valence-electron chi connectivity index (χ2n) is 2.49. The molecule has 0 fully saturated rings. The van der Waals surface area contributed by atoms with Gasteiger partial charge < -0.3 is 10.1 Å². The Bertz CT molecular complexity index is 383. The zero-order valence-corrected chi connectivity index (χ0v) is 8.61. The third kappa shape index (κ3) is 3.51. The quantitative estimate of drug-likeness (QED) is 0.740. The molecule has 1 aromatic heterocycles. The zero-order chi connectivity index (χ0) is 11.3. The van der Waals surface area contributed by atoms with E-state index >= 15 is 0 Å². The molecule has 0 aromatic carbocycles. The van der Waals surface area contributed by atoms with Crippen LogP contribution < -0.4 is 5.32 Å². The molecule has 6 nitrogen and oxygen atoms in total. The number of hydrogen-bond acceptors (Lipinski definition) is 5. The standard InChI is InChI=1S/C8H8ClN3O3/c1-15-7(13)4-11-8(14)5-2-10-3-6(9)12-5/h2-3H,4H2,1H3,(H,11,14). The average Bonchev–Trinajstić information content (AvgIpc) is 2.25. The van der Waals surface area contributed by atoms with Crippen LogP contribution in [0.25, 0.3) is 0 Å². The van der Waals surface area contributed by atoms with Crippen LogP contribution >= 0.6 is 11.6 Å². The van der Waals surface area contributed by atoms with E-state index in [-0.39, 0.29) is 17.4 Å². The van der Waals surface area contributed by atoms with Crippen molar-refractivity contribution in [2.24, 2.45) is 0 Å². The Morgan fingerprint density at radius 1 is 1.53 bits per heavy atom. The number of nitrogens with one attached hydrogen (secondary N) is 1. The van der Waals surface area contributed by atoms with Crippen LogP contribution in [0.4, 0.5) is 0 Å². The third-order valence-corrected chi connectivity index (χ3v) is 1.64. The van der Waals surface area contributed by atoms with Gasteiger partial charge in [0.25, 0.3) is 5.91 Å². The number of ether oxygens (including phenoxy) is 1. The molecule has 7 heteroatoms. The van der Waals surface area contributed by atoms with E-state index in [0.717, 1.165) is 0 Å². The van der Waals surface area contributed by atoms with Crippen molar-refractivity contribution in [2.75, 3.05) is 13.7 Å². The fourth-order valence-electron chi connectivity index (χ4n) is 0.767. The molecule has 0 bridgehead atoms. The van der Waals surface area contributed by atoms with Gasteiger partial charge in [-0.2, -0.15) is 0 Å². The predicted octanol–water partition coefficient (Wildman–Crippen LogP) is 0.0328. The number of carbonyl (C=O) groups excluding carboxylic acids is 2. The van der Waals surface area contributed by atoms with Crippen LogP contribution in [-0.4, -0.2) is 35.5 Å². The molecule has 0 radical (unpaired) electrons. The molecule has 0 aliphatic heterocycles. The molecule has 15 heavy (non-hydrogen) atoms. The zero-order valence-electron chi connectivity index (χ0n) is 7.86. The highest BCUT2D eigenvalue weighted by Gasteiger charge is 2.09. The minimum absolute atomic E-state index is 0.0476. The van der Waals surface area contributed by atoms with Crippen LogP contribution in [-0.2, 0) is 9.53 Å². The van der Waals surface area contributed by atoms with Gasteiger partial charge in [-0.1, -0.05) is 11.6 Å². The number of halogens is 1. The maximum atomic E-state index is 11.3. The van der Waals surface area contributed by atoms with Gasteiger partial charge in [0, 0.05) is 0 Å². The van der Waals surface area contributed by atoms with Gasteiger partial charge >= 0.3 is 5.97 Å². The summed E-state index contributed by atoms with van der Waals surface area (Å²) in [5, 5.41) is 2.41. The molecule has 0 saturated heterocycles. The number of hydrogen-bond donors (Lipinski definition) is 1. The van der Waals surface area contributed by atoms with Gasteiger partial charge in [-0.15, -0.1) is 0 Å². The van der Waals surface area contributed by atoms with Gasteiger partial charge in [0.2, 0.25) is 0 Å². The highest BCUT2D eigenvalue weighted by molar-refractivity contribution is 6.29. The van der Waals surface area contributed by atoms with Gasteiger partial charge in [-0.25, -0.2) is 4.98 Å². The number of amides is 1. The molecule has 1 aromatic rings. The normalized spacial score (nSPS) is 9.47. The van der Waals surface area contributed by atoms with Crippen molar-refractivity contribution in [1.82, 2.24) is 15.3 Å². The number of esters is 1. The molecule has 1 rings (SSSR count). The molecule has 0 unspecified atom stereocenters. The van der Waals surface area contributed by atoms with Crippen molar-refractivity contribution >= 4 is 23.5 Å². The lowest BCUT2D eigenvalue weighted by Crippen LogP contribution is -2.30. The number of carbonyl (C=O) groups is 2. The number of rotatable bonds is 3. The van der Waals surface area contributed by atoms with E-state index in [4.69, 9.17) is 11.6 Å². The molecule has 1 heterocycles. The SMILES string of the molecule is COC(=O)CNC(=O)c1cncc(Cl)n1. The summed E-state index contributed by atoms with van der Waals surface area (Å²) >= 11 is 5.53. The topological polar surface area (TPSA) is 81.2 Å². The molecule has 0 spiro atoms. The van der Waals surface area contributed by atoms with E-state index in [1.54, 1.807) is 0 Å². The number of methoxy groups -OCH3 is 1. The second-order valence-corrected chi connectivity index (χ2v) is 2.87. The highest BCUT2D eigenvalue weighted by atomic mass is 35.5. The molecule has 80 valence electrons. The van der Waals surface area contributed by atoms with E-state index < -0.39 is 11.9 Å². The van der Waals surface area contributed by atoms with Crippen molar-refractivity contribution < 1.29 is 14.3 Å². The monoisotopic (exact) mass is 229 g/mol. The maximum Gasteiger partial charge on any atom is 0.325 e. The molecule has 0 aliphatic rings. The second kappa shape index (κ2) is 5.26.